The molecule has 1 aromatic rings. The number of hydrogen-bond acceptors (Lipinski definition) is 2. The Morgan fingerprint density at radius 2 is 1.95 bits per heavy atom. The molecule has 1 aromatic carbocycles. The highest BCUT2D eigenvalue weighted by Gasteiger charge is 2.31. The summed E-state index contributed by atoms with van der Waals surface area (Å²) in [6.45, 7) is 3.47. The fourth-order valence-corrected chi connectivity index (χ4v) is 1.37. The zero-order valence-corrected chi connectivity index (χ0v) is 10.5. The molecule has 0 bridgehead atoms. The Morgan fingerprint density at radius 1 is 1.32 bits per heavy atom. The van der Waals surface area contributed by atoms with E-state index in [1.54, 1.807) is 19.9 Å². The van der Waals surface area contributed by atoms with E-state index in [-0.39, 0.29) is 23.8 Å². The number of para-hydroxylation sites is 1. The van der Waals surface area contributed by atoms with Gasteiger partial charge in [0.2, 0.25) is 5.91 Å². The van der Waals surface area contributed by atoms with Gasteiger partial charge in [0.1, 0.15) is 5.75 Å². The van der Waals surface area contributed by atoms with Crippen molar-refractivity contribution in [2.45, 2.75) is 26.8 Å². The molecule has 19 heavy (non-hydrogen) atoms. The molecule has 1 amide bonds. The second kappa shape index (κ2) is 6.26. The molecule has 0 fully saturated rings. The van der Waals surface area contributed by atoms with E-state index in [9.17, 15) is 18.0 Å². The molecular formula is C13H14F3NO2. The summed E-state index contributed by atoms with van der Waals surface area (Å²) in [6, 6.07) is 5.67. The number of alkyl halides is 3. The van der Waals surface area contributed by atoms with E-state index in [2.05, 4.69) is 10.1 Å². The van der Waals surface area contributed by atoms with Gasteiger partial charge in [-0.15, -0.1) is 13.2 Å². The second-order valence-corrected chi connectivity index (χ2v) is 4.10. The molecule has 0 aliphatic carbocycles. The van der Waals surface area contributed by atoms with E-state index in [4.69, 9.17) is 0 Å². The van der Waals surface area contributed by atoms with Gasteiger partial charge in [0, 0.05) is 18.2 Å². The largest absolute Gasteiger partial charge is 0.573 e. The molecule has 0 atom stereocenters. The van der Waals surface area contributed by atoms with Gasteiger partial charge in [0.05, 0.1) is 0 Å². The Hall–Kier alpha value is -1.98. The van der Waals surface area contributed by atoms with Gasteiger partial charge in [-0.2, -0.15) is 0 Å². The van der Waals surface area contributed by atoms with Gasteiger partial charge in [-0.1, -0.05) is 23.8 Å². The Kier molecular flexibility index (Phi) is 4.97. The molecule has 1 rings (SSSR count). The highest BCUT2D eigenvalue weighted by molar-refractivity contribution is 5.88. The first-order valence-corrected chi connectivity index (χ1v) is 5.54. The van der Waals surface area contributed by atoms with Crippen LogP contribution in [0.5, 0.6) is 5.75 Å². The average molecular weight is 273 g/mol. The minimum atomic E-state index is -4.75. The summed E-state index contributed by atoms with van der Waals surface area (Å²) in [5.41, 5.74) is 1.06. The monoisotopic (exact) mass is 273 g/mol. The molecule has 1 N–H and O–H groups in total. The summed E-state index contributed by atoms with van der Waals surface area (Å²) < 4.78 is 40.4. The summed E-state index contributed by atoms with van der Waals surface area (Å²) >= 11 is 0. The van der Waals surface area contributed by atoms with Crippen LogP contribution in [0.2, 0.25) is 0 Å². The van der Waals surface area contributed by atoms with Crippen molar-refractivity contribution in [2.24, 2.45) is 0 Å². The van der Waals surface area contributed by atoms with E-state index >= 15 is 0 Å². The van der Waals surface area contributed by atoms with Crippen LogP contribution in [-0.2, 0) is 11.3 Å². The summed E-state index contributed by atoms with van der Waals surface area (Å²) in [7, 11) is 0. The summed E-state index contributed by atoms with van der Waals surface area (Å²) in [5.74, 6) is -0.672. The number of carbonyl (C=O) groups excluding carboxylic acids is 1. The third-order valence-corrected chi connectivity index (χ3v) is 2.07. The van der Waals surface area contributed by atoms with Crippen molar-refractivity contribution in [3.8, 4) is 5.75 Å². The normalized spacial score (nSPS) is 10.8. The van der Waals surface area contributed by atoms with Crippen molar-refractivity contribution in [1.82, 2.24) is 5.32 Å². The van der Waals surface area contributed by atoms with Crippen LogP contribution in [0.1, 0.15) is 19.4 Å². The maximum Gasteiger partial charge on any atom is 0.573 e. The molecule has 104 valence electrons. The van der Waals surface area contributed by atoms with E-state index in [0.717, 1.165) is 5.57 Å². The molecule has 0 heterocycles. The fraction of sp³-hybridized carbons (Fsp3) is 0.308. The SMILES string of the molecule is CC(C)=CC(=O)NCc1ccccc1OC(F)(F)F. The summed E-state index contributed by atoms with van der Waals surface area (Å²) in [5, 5.41) is 2.49. The molecule has 0 saturated carbocycles. The van der Waals surface area contributed by atoms with Crippen molar-refractivity contribution in [1.29, 1.82) is 0 Å². The molecule has 0 radical (unpaired) electrons. The van der Waals surface area contributed by atoms with Crippen molar-refractivity contribution < 1.29 is 22.7 Å². The molecular weight excluding hydrogens is 259 g/mol. The maximum absolute atomic E-state index is 12.2. The number of hydrogen-bond donors (Lipinski definition) is 1. The van der Waals surface area contributed by atoms with Gasteiger partial charge in [-0.25, -0.2) is 0 Å². The third-order valence-electron chi connectivity index (χ3n) is 2.07. The zero-order valence-electron chi connectivity index (χ0n) is 10.5. The number of nitrogens with one attached hydrogen (secondary N) is 1. The number of benzene rings is 1. The first-order chi connectivity index (χ1) is 8.78. The lowest BCUT2D eigenvalue weighted by Crippen LogP contribution is -2.23. The molecule has 0 aliphatic rings. The first-order valence-electron chi connectivity index (χ1n) is 5.54. The molecule has 0 aromatic heterocycles. The van der Waals surface area contributed by atoms with Crippen LogP contribution in [0.25, 0.3) is 0 Å². The van der Waals surface area contributed by atoms with Crippen LogP contribution in [0, 0.1) is 0 Å². The molecule has 3 nitrogen and oxygen atoms in total. The average Bonchev–Trinajstić information content (AvgIpc) is 2.25. The summed E-state index contributed by atoms with van der Waals surface area (Å²) in [6.07, 6.45) is -3.38. The summed E-state index contributed by atoms with van der Waals surface area (Å²) in [4.78, 5) is 11.4. The predicted molar refractivity (Wildman–Crippen MR) is 64.4 cm³/mol. The Bertz CT molecular complexity index is 477. The minimum Gasteiger partial charge on any atom is -0.405 e. The van der Waals surface area contributed by atoms with E-state index in [0.29, 0.717) is 0 Å². The van der Waals surface area contributed by atoms with E-state index < -0.39 is 6.36 Å². The van der Waals surface area contributed by atoms with Gasteiger partial charge in [0.25, 0.3) is 0 Å². The van der Waals surface area contributed by atoms with Crippen molar-refractivity contribution in [3.63, 3.8) is 0 Å². The molecule has 0 spiro atoms. The lowest BCUT2D eigenvalue weighted by Gasteiger charge is -2.13. The molecule has 6 heteroatoms. The highest BCUT2D eigenvalue weighted by Crippen LogP contribution is 2.25. The van der Waals surface area contributed by atoms with Gasteiger partial charge < -0.3 is 10.1 Å². The number of amides is 1. The van der Waals surface area contributed by atoms with Crippen LogP contribution in [-0.4, -0.2) is 12.3 Å². The standard InChI is InChI=1S/C13H14F3NO2/c1-9(2)7-12(18)17-8-10-5-3-4-6-11(10)19-13(14,15)16/h3-7H,8H2,1-2H3,(H,17,18). The number of carbonyl (C=O) groups is 1. The number of allylic oxidation sites excluding steroid dienone is 1. The number of ether oxygens (including phenoxy) is 1. The van der Waals surface area contributed by atoms with Gasteiger partial charge in [-0.05, 0) is 19.9 Å². The lowest BCUT2D eigenvalue weighted by molar-refractivity contribution is -0.274. The third kappa shape index (κ3) is 5.94. The lowest BCUT2D eigenvalue weighted by atomic mass is 10.2. The zero-order chi connectivity index (χ0) is 14.5. The van der Waals surface area contributed by atoms with Crippen LogP contribution in [0.3, 0.4) is 0 Å². The smallest absolute Gasteiger partial charge is 0.405 e. The maximum atomic E-state index is 12.2. The molecule has 0 aliphatic heterocycles. The Morgan fingerprint density at radius 3 is 2.53 bits per heavy atom. The van der Waals surface area contributed by atoms with Gasteiger partial charge in [0.15, 0.2) is 0 Å². The predicted octanol–water partition coefficient (Wildman–Crippen LogP) is 3.17. The van der Waals surface area contributed by atoms with Crippen molar-refractivity contribution >= 4 is 5.91 Å². The minimum absolute atomic E-state index is 0.0329. The number of rotatable bonds is 4. The Labute approximate surface area is 109 Å². The van der Waals surface area contributed by atoms with Crippen LogP contribution in [0.4, 0.5) is 13.2 Å². The topological polar surface area (TPSA) is 38.3 Å². The molecule has 0 unspecified atom stereocenters. The fourth-order valence-electron chi connectivity index (χ4n) is 1.37. The first kappa shape index (κ1) is 15.1. The highest BCUT2D eigenvalue weighted by atomic mass is 19.4. The Balaban J connectivity index is 2.73. The number of halogens is 3. The van der Waals surface area contributed by atoms with Gasteiger partial charge in [-0.3, -0.25) is 4.79 Å². The molecule has 0 saturated heterocycles. The van der Waals surface area contributed by atoms with Crippen LogP contribution < -0.4 is 10.1 Å². The van der Waals surface area contributed by atoms with Gasteiger partial charge >= 0.3 is 6.36 Å². The van der Waals surface area contributed by atoms with Crippen LogP contribution in [0.15, 0.2) is 35.9 Å². The van der Waals surface area contributed by atoms with Crippen LogP contribution >= 0.6 is 0 Å². The van der Waals surface area contributed by atoms with Crippen molar-refractivity contribution in [2.75, 3.05) is 0 Å². The van der Waals surface area contributed by atoms with E-state index in [1.807, 2.05) is 0 Å². The quantitative estimate of drug-likeness (QED) is 0.856. The van der Waals surface area contributed by atoms with E-state index in [1.165, 1.54) is 24.3 Å². The second-order valence-electron chi connectivity index (χ2n) is 4.10. The van der Waals surface area contributed by atoms with Crippen molar-refractivity contribution in [3.05, 3.63) is 41.5 Å².